The summed E-state index contributed by atoms with van der Waals surface area (Å²) in [5.41, 5.74) is 0. The fourth-order valence-corrected chi connectivity index (χ4v) is 1.71. The number of nitroso groups, excluding NO2 is 1. The molecular weight excluding hydrogens is 142 g/mol. The first-order valence-electron chi connectivity index (χ1n) is 4.08. The van der Waals surface area contributed by atoms with Crippen LogP contribution in [0.5, 0.6) is 0 Å². The number of Topliss-reactive ketones (excluding diaryl/α,β-unsaturated/α-hetero) is 1. The molecule has 1 saturated carbocycles. The first-order valence-corrected chi connectivity index (χ1v) is 4.08. The van der Waals surface area contributed by atoms with Gasteiger partial charge in [0.1, 0.15) is 11.8 Å². The number of hydrogen-bond donors (Lipinski definition) is 0. The molecule has 0 spiro atoms. The van der Waals surface area contributed by atoms with Crippen LogP contribution in [0.4, 0.5) is 0 Å². The highest BCUT2D eigenvalue weighted by Gasteiger charge is 2.28. The van der Waals surface area contributed by atoms with Crippen LogP contribution in [0, 0.1) is 10.8 Å². The maximum Gasteiger partial charge on any atom is 0.135 e. The van der Waals surface area contributed by atoms with Gasteiger partial charge in [0.25, 0.3) is 0 Å². The number of hydrogen-bond acceptors (Lipinski definition) is 3. The van der Waals surface area contributed by atoms with E-state index < -0.39 is 0 Å². The van der Waals surface area contributed by atoms with Crippen molar-refractivity contribution >= 4 is 5.78 Å². The van der Waals surface area contributed by atoms with E-state index in [1.165, 1.54) is 0 Å². The lowest BCUT2D eigenvalue weighted by Crippen LogP contribution is -2.28. The summed E-state index contributed by atoms with van der Waals surface area (Å²) < 4.78 is 0. The van der Waals surface area contributed by atoms with Crippen LogP contribution in [0.2, 0.25) is 0 Å². The lowest BCUT2D eigenvalue weighted by Gasteiger charge is -2.23. The largest absolute Gasteiger partial charge is 0.300 e. The second kappa shape index (κ2) is 3.60. The molecule has 0 aromatic carbocycles. The Hall–Kier alpha value is -0.730. The van der Waals surface area contributed by atoms with E-state index >= 15 is 0 Å². The monoisotopic (exact) mass is 155 g/mol. The Labute approximate surface area is 66.1 Å². The summed E-state index contributed by atoms with van der Waals surface area (Å²) >= 11 is 0. The predicted molar refractivity (Wildman–Crippen MR) is 42.2 cm³/mol. The highest BCUT2D eigenvalue weighted by molar-refractivity contribution is 5.79. The summed E-state index contributed by atoms with van der Waals surface area (Å²) in [6.45, 7) is 1.55. The van der Waals surface area contributed by atoms with E-state index in [1.807, 2.05) is 0 Å². The van der Waals surface area contributed by atoms with Gasteiger partial charge in [-0.05, 0) is 19.8 Å². The van der Waals surface area contributed by atoms with Gasteiger partial charge in [0.15, 0.2) is 0 Å². The zero-order valence-corrected chi connectivity index (χ0v) is 6.75. The minimum absolute atomic E-state index is 0.0822. The van der Waals surface area contributed by atoms with E-state index in [9.17, 15) is 9.70 Å². The predicted octanol–water partition coefficient (Wildman–Crippen LogP) is 1.90. The molecule has 0 aliphatic heterocycles. The van der Waals surface area contributed by atoms with Gasteiger partial charge in [-0.1, -0.05) is 18.0 Å². The lowest BCUT2D eigenvalue weighted by atomic mass is 9.83. The minimum atomic E-state index is -0.235. The van der Waals surface area contributed by atoms with Gasteiger partial charge in [-0.2, -0.15) is 4.91 Å². The molecular formula is C8H13NO2. The van der Waals surface area contributed by atoms with E-state index in [0.717, 1.165) is 25.7 Å². The van der Waals surface area contributed by atoms with Crippen LogP contribution >= 0.6 is 0 Å². The Morgan fingerprint density at radius 1 is 1.36 bits per heavy atom. The molecule has 0 amide bonds. The number of rotatable bonds is 2. The minimum Gasteiger partial charge on any atom is -0.300 e. The Balaban J connectivity index is 2.58. The van der Waals surface area contributed by atoms with E-state index in [1.54, 1.807) is 6.92 Å². The van der Waals surface area contributed by atoms with Gasteiger partial charge in [-0.25, -0.2) is 0 Å². The van der Waals surface area contributed by atoms with Crippen LogP contribution in [0.3, 0.4) is 0 Å². The standard InChI is InChI=1S/C8H13NO2/c1-6(10)7-4-2-3-5-8(7)9-11/h7-8H,2-5H2,1H3. The van der Waals surface area contributed by atoms with Crippen LogP contribution in [0.1, 0.15) is 32.6 Å². The maximum atomic E-state index is 11.0. The first-order chi connectivity index (χ1) is 5.25. The summed E-state index contributed by atoms with van der Waals surface area (Å²) in [4.78, 5) is 21.2. The molecule has 0 heterocycles. The van der Waals surface area contributed by atoms with Crippen molar-refractivity contribution in [2.24, 2.45) is 11.1 Å². The highest BCUT2D eigenvalue weighted by Crippen LogP contribution is 2.27. The summed E-state index contributed by atoms with van der Waals surface area (Å²) in [5, 5.41) is 2.98. The normalized spacial score (nSPS) is 31.4. The third-order valence-electron chi connectivity index (χ3n) is 2.39. The quantitative estimate of drug-likeness (QED) is 0.572. The van der Waals surface area contributed by atoms with Crippen LogP contribution < -0.4 is 0 Å². The van der Waals surface area contributed by atoms with Gasteiger partial charge in [0.2, 0.25) is 0 Å². The molecule has 1 aliphatic rings. The van der Waals surface area contributed by atoms with Gasteiger partial charge in [-0.15, -0.1) is 0 Å². The highest BCUT2D eigenvalue weighted by atomic mass is 16.3. The van der Waals surface area contributed by atoms with Crippen molar-refractivity contribution in [1.29, 1.82) is 0 Å². The van der Waals surface area contributed by atoms with Crippen molar-refractivity contribution in [2.75, 3.05) is 0 Å². The summed E-state index contributed by atoms with van der Waals surface area (Å²) in [6, 6.07) is -0.235. The molecule has 11 heavy (non-hydrogen) atoms. The van der Waals surface area contributed by atoms with Crippen molar-refractivity contribution in [3.8, 4) is 0 Å². The molecule has 0 bridgehead atoms. The van der Waals surface area contributed by atoms with Crippen LogP contribution in [-0.4, -0.2) is 11.8 Å². The third kappa shape index (κ3) is 1.85. The summed E-state index contributed by atoms with van der Waals surface area (Å²) in [7, 11) is 0. The average molecular weight is 155 g/mol. The third-order valence-corrected chi connectivity index (χ3v) is 2.39. The molecule has 62 valence electrons. The van der Waals surface area contributed by atoms with E-state index in [0.29, 0.717) is 0 Å². The molecule has 0 aromatic heterocycles. The van der Waals surface area contributed by atoms with E-state index in [4.69, 9.17) is 0 Å². The molecule has 3 heteroatoms. The maximum absolute atomic E-state index is 11.0. The fraction of sp³-hybridized carbons (Fsp3) is 0.875. The summed E-state index contributed by atoms with van der Waals surface area (Å²) in [6.07, 6.45) is 3.76. The number of ketones is 1. The SMILES string of the molecule is CC(=O)C1CCCCC1N=O. The lowest BCUT2D eigenvalue weighted by molar-refractivity contribution is -0.122. The van der Waals surface area contributed by atoms with Crippen LogP contribution in [-0.2, 0) is 4.79 Å². The van der Waals surface area contributed by atoms with Crippen molar-refractivity contribution in [3.63, 3.8) is 0 Å². The smallest absolute Gasteiger partial charge is 0.135 e. The fourth-order valence-electron chi connectivity index (χ4n) is 1.71. The molecule has 0 N–H and O–H groups in total. The molecule has 2 atom stereocenters. The molecule has 2 unspecified atom stereocenters. The second-order valence-corrected chi connectivity index (χ2v) is 3.17. The van der Waals surface area contributed by atoms with Crippen LogP contribution in [0.15, 0.2) is 5.18 Å². The number of carbonyl (C=O) groups excluding carboxylic acids is 1. The molecule has 0 aromatic rings. The molecule has 1 aliphatic carbocycles. The Morgan fingerprint density at radius 2 is 2.00 bits per heavy atom. The molecule has 3 nitrogen and oxygen atoms in total. The summed E-state index contributed by atoms with van der Waals surface area (Å²) in [5.74, 6) is 0.0375. The van der Waals surface area contributed by atoms with Gasteiger partial charge < -0.3 is 0 Å². The molecule has 1 rings (SSSR count). The van der Waals surface area contributed by atoms with E-state index in [2.05, 4.69) is 5.18 Å². The average Bonchev–Trinajstić information content (AvgIpc) is 2.04. The van der Waals surface area contributed by atoms with Crippen LogP contribution in [0.25, 0.3) is 0 Å². The van der Waals surface area contributed by atoms with Gasteiger partial charge >= 0.3 is 0 Å². The number of carbonyl (C=O) groups is 1. The first kappa shape index (κ1) is 8.37. The van der Waals surface area contributed by atoms with E-state index in [-0.39, 0.29) is 17.7 Å². The Kier molecular flexibility index (Phi) is 2.74. The van der Waals surface area contributed by atoms with Crippen molar-refractivity contribution in [1.82, 2.24) is 0 Å². The Bertz CT molecular complexity index is 167. The van der Waals surface area contributed by atoms with Crippen molar-refractivity contribution in [2.45, 2.75) is 38.6 Å². The molecule has 0 radical (unpaired) electrons. The number of nitrogens with zero attached hydrogens (tertiary/aromatic N) is 1. The topological polar surface area (TPSA) is 46.5 Å². The zero-order chi connectivity index (χ0) is 8.27. The van der Waals surface area contributed by atoms with Crippen molar-refractivity contribution < 1.29 is 4.79 Å². The molecule has 1 fully saturated rings. The van der Waals surface area contributed by atoms with Crippen molar-refractivity contribution in [3.05, 3.63) is 4.91 Å². The van der Waals surface area contributed by atoms with Gasteiger partial charge in [-0.3, -0.25) is 4.79 Å². The van der Waals surface area contributed by atoms with Gasteiger partial charge in [0.05, 0.1) is 0 Å². The zero-order valence-electron chi connectivity index (χ0n) is 6.75. The Morgan fingerprint density at radius 3 is 2.45 bits per heavy atom. The molecule has 0 saturated heterocycles. The van der Waals surface area contributed by atoms with Gasteiger partial charge in [0, 0.05) is 5.92 Å². The second-order valence-electron chi connectivity index (χ2n) is 3.17.